The van der Waals surface area contributed by atoms with Crippen LogP contribution in [0.5, 0.6) is 0 Å². The first-order chi connectivity index (χ1) is 8.85. The van der Waals surface area contributed by atoms with Crippen LogP contribution in [0.15, 0.2) is 24.4 Å². The largest absolute Gasteiger partial charge is 0.347 e. The number of hydrogen-bond donors (Lipinski definition) is 0. The van der Waals surface area contributed by atoms with Crippen molar-refractivity contribution in [2.45, 2.75) is 38.3 Å². The highest BCUT2D eigenvalue weighted by Gasteiger charge is 2.20. The third-order valence-electron chi connectivity index (χ3n) is 3.34. The molecule has 0 saturated heterocycles. The van der Waals surface area contributed by atoms with Crippen molar-refractivity contribution in [3.8, 4) is 0 Å². The van der Waals surface area contributed by atoms with Gasteiger partial charge in [-0.15, -0.1) is 0 Å². The fourth-order valence-corrected chi connectivity index (χ4v) is 3.10. The number of aryl methyl sites for hydroxylation is 1. The van der Waals surface area contributed by atoms with Crippen LogP contribution in [0.2, 0.25) is 0 Å². The fraction of sp³-hybridized carbons (Fsp3) is 0.429. The second-order valence-corrected chi connectivity index (χ2v) is 7.51. The number of sulfone groups is 1. The van der Waals surface area contributed by atoms with Gasteiger partial charge in [0, 0.05) is 18.1 Å². The molecule has 0 aliphatic carbocycles. The highest BCUT2D eigenvalue weighted by molar-refractivity contribution is 7.91. The molecule has 0 fully saturated rings. The fourth-order valence-electron chi connectivity index (χ4n) is 2.10. The molecule has 1 aromatic carbocycles. The molecule has 0 amide bonds. The molecule has 0 aliphatic heterocycles. The van der Waals surface area contributed by atoms with E-state index in [9.17, 15) is 12.8 Å². The van der Waals surface area contributed by atoms with Gasteiger partial charge in [-0.3, -0.25) is 0 Å². The number of nitrogens with zero attached hydrogens (tertiary/aromatic N) is 1. The first-order valence-corrected chi connectivity index (χ1v) is 8.05. The van der Waals surface area contributed by atoms with Crippen molar-refractivity contribution in [3.63, 3.8) is 0 Å². The van der Waals surface area contributed by atoms with Crippen molar-refractivity contribution >= 4 is 20.7 Å². The van der Waals surface area contributed by atoms with Crippen molar-refractivity contribution in [1.29, 1.82) is 0 Å². The molecule has 0 unspecified atom stereocenters. The van der Waals surface area contributed by atoms with Crippen LogP contribution in [0.4, 0.5) is 4.39 Å². The van der Waals surface area contributed by atoms with Crippen molar-refractivity contribution in [2.24, 2.45) is 0 Å². The van der Waals surface area contributed by atoms with Crippen LogP contribution in [0.1, 0.15) is 26.3 Å². The van der Waals surface area contributed by atoms with Crippen LogP contribution < -0.4 is 0 Å². The van der Waals surface area contributed by atoms with E-state index in [4.69, 9.17) is 0 Å². The van der Waals surface area contributed by atoms with Gasteiger partial charge in [-0.25, -0.2) is 12.8 Å². The number of aromatic nitrogens is 1. The average Bonchev–Trinajstić information content (AvgIpc) is 2.66. The van der Waals surface area contributed by atoms with E-state index in [0.29, 0.717) is 6.54 Å². The van der Waals surface area contributed by atoms with Crippen LogP contribution in [0, 0.1) is 5.82 Å². The van der Waals surface area contributed by atoms with E-state index in [0.717, 1.165) is 16.5 Å². The zero-order valence-corrected chi connectivity index (χ0v) is 12.2. The van der Waals surface area contributed by atoms with Crippen LogP contribution >= 0.6 is 0 Å². The predicted molar refractivity (Wildman–Crippen MR) is 75.3 cm³/mol. The summed E-state index contributed by atoms with van der Waals surface area (Å²) in [6, 6.07) is 4.47. The van der Waals surface area contributed by atoms with Crippen LogP contribution in [-0.4, -0.2) is 18.2 Å². The van der Waals surface area contributed by atoms with Gasteiger partial charge in [0.1, 0.15) is 5.82 Å². The minimum atomic E-state index is -3.15. The molecule has 0 spiro atoms. The normalized spacial score (nSPS) is 12.5. The number of fused-ring (bicyclic) bond motifs is 1. The molecular formula is C14H18FNO2S. The molecule has 19 heavy (non-hydrogen) atoms. The summed E-state index contributed by atoms with van der Waals surface area (Å²) >= 11 is 0. The Bertz CT molecular complexity index is 702. The summed E-state index contributed by atoms with van der Waals surface area (Å²) in [7, 11) is -3.15. The molecule has 0 atom stereocenters. The average molecular weight is 283 g/mol. The molecule has 2 rings (SSSR count). The summed E-state index contributed by atoms with van der Waals surface area (Å²) in [6.07, 6.45) is 1.81. The maximum Gasteiger partial charge on any atom is 0.156 e. The second-order valence-electron chi connectivity index (χ2n) is 4.96. The van der Waals surface area contributed by atoms with Gasteiger partial charge in [-0.05, 0) is 44.5 Å². The molecule has 0 N–H and O–H groups in total. The minimum absolute atomic E-state index is 0.000199. The first-order valence-electron chi connectivity index (χ1n) is 6.34. The molecule has 2 aromatic rings. The van der Waals surface area contributed by atoms with Crippen molar-refractivity contribution in [3.05, 3.63) is 35.8 Å². The standard InChI is InChI=1S/C14H18FNO2S/c1-4-16-8-11(9-19(17,18)10(2)3)13-6-5-12(15)7-14(13)16/h5-8,10H,4,9H2,1-3H3. The van der Waals surface area contributed by atoms with Crippen molar-refractivity contribution in [1.82, 2.24) is 4.57 Å². The van der Waals surface area contributed by atoms with Gasteiger partial charge in [0.25, 0.3) is 0 Å². The lowest BCUT2D eigenvalue weighted by molar-refractivity contribution is 0.586. The highest BCUT2D eigenvalue weighted by atomic mass is 32.2. The molecule has 0 saturated carbocycles. The van der Waals surface area contributed by atoms with E-state index >= 15 is 0 Å². The number of halogens is 1. The molecule has 3 nitrogen and oxygen atoms in total. The zero-order chi connectivity index (χ0) is 14.2. The van der Waals surface area contributed by atoms with E-state index in [-0.39, 0.29) is 11.6 Å². The Labute approximate surface area is 113 Å². The summed E-state index contributed by atoms with van der Waals surface area (Å²) in [4.78, 5) is 0. The predicted octanol–water partition coefficient (Wildman–Crippen LogP) is 3.12. The van der Waals surface area contributed by atoms with E-state index < -0.39 is 15.1 Å². The summed E-state index contributed by atoms with van der Waals surface area (Å²) in [5.41, 5.74) is 1.49. The molecule has 104 valence electrons. The lowest BCUT2D eigenvalue weighted by Crippen LogP contribution is -2.15. The molecule has 1 aromatic heterocycles. The quantitative estimate of drug-likeness (QED) is 0.864. The van der Waals surface area contributed by atoms with E-state index in [2.05, 4.69) is 0 Å². The van der Waals surface area contributed by atoms with Crippen molar-refractivity contribution < 1.29 is 12.8 Å². The van der Waals surface area contributed by atoms with Gasteiger partial charge in [-0.1, -0.05) is 0 Å². The third kappa shape index (κ3) is 2.66. The maximum absolute atomic E-state index is 13.3. The number of rotatable bonds is 4. The third-order valence-corrected chi connectivity index (χ3v) is 5.49. The molecular weight excluding hydrogens is 265 g/mol. The Morgan fingerprint density at radius 3 is 2.58 bits per heavy atom. The molecule has 0 aliphatic rings. The van der Waals surface area contributed by atoms with Gasteiger partial charge in [-0.2, -0.15) is 0 Å². The van der Waals surface area contributed by atoms with E-state index in [1.165, 1.54) is 12.1 Å². The summed E-state index contributed by atoms with van der Waals surface area (Å²) in [5, 5.41) is 0.403. The highest BCUT2D eigenvalue weighted by Crippen LogP contribution is 2.25. The van der Waals surface area contributed by atoms with E-state index in [1.807, 2.05) is 17.7 Å². The van der Waals surface area contributed by atoms with E-state index in [1.54, 1.807) is 19.9 Å². The Balaban J connectivity index is 2.56. The molecule has 5 heteroatoms. The van der Waals surface area contributed by atoms with Gasteiger partial charge >= 0.3 is 0 Å². The lowest BCUT2D eigenvalue weighted by atomic mass is 10.2. The Morgan fingerprint density at radius 2 is 2.00 bits per heavy atom. The van der Waals surface area contributed by atoms with Crippen LogP contribution in [-0.2, 0) is 22.1 Å². The molecule has 1 heterocycles. The summed E-state index contributed by atoms with van der Waals surface area (Å²) in [5.74, 6) is -0.307. The van der Waals surface area contributed by atoms with Crippen LogP contribution in [0.3, 0.4) is 0 Å². The SMILES string of the molecule is CCn1cc(CS(=O)(=O)C(C)C)c2ccc(F)cc21. The minimum Gasteiger partial charge on any atom is -0.347 e. The van der Waals surface area contributed by atoms with Crippen molar-refractivity contribution in [2.75, 3.05) is 0 Å². The van der Waals surface area contributed by atoms with Gasteiger partial charge in [0.2, 0.25) is 0 Å². The number of benzene rings is 1. The first kappa shape index (κ1) is 14.1. The second kappa shape index (κ2) is 4.96. The van der Waals surface area contributed by atoms with Gasteiger partial charge in [0.15, 0.2) is 9.84 Å². The maximum atomic E-state index is 13.3. The van der Waals surface area contributed by atoms with Gasteiger partial charge in [0.05, 0.1) is 16.5 Å². The smallest absolute Gasteiger partial charge is 0.156 e. The Morgan fingerprint density at radius 1 is 1.32 bits per heavy atom. The summed E-state index contributed by atoms with van der Waals surface area (Å²) in [6.45, 7) is 5.98. The van der Waals surface area contributed by atoms with Crippen LogP contribution in [0.25, 0.3) is 10.9 Å². The zero-order valence-electron chi connectivity index (χ0n) is 11.4. The monoisotopic (exact) mass is 283 g/mol. The Kier molecular flexibility index (Phi) is 3.67. The molecule has 0 radical (unpaired) electrons. The topological polar surface area (TPSA) is 39.1 Å². The lowest BCUT2D eigenvalue weighted by Gasteiger charge is -2.06. The number of hydrogen-bond acceptors (Lipinski definition) is 2. The Hall–Kier alpha value is -1.36. The molecule has 0 bridgehead atoms. The van der Waals surface area contributed by atoms with Gasteiger partial charge < -0.3 is 4.57 Å². The summed E-state index contributed by atoms with van der Waals surface area (Å²) < 4.78 is 39.2.